The second-order valence-corrected chi connectivity index (χ2v) is 4.95. The van der Waals surface area contributed by atoms with Gasteiger partial charge in [-0.2, -0.15) is 13.7 Å². The van der Waals surface area contributed by atoms with Gasteiger partial charge in [0.05, 0.1) is 5.56 Å². The topological polar surface area (TPSA) is 92.7 Å². The summed E-state index contributed by atoms with van der Waals surface area (Å²) < 4.78 is 32.7. The van der Waals surface area contributed by atoms with Gasteiger partial charge >= 0.3 is 10.1 Å². The Morgan fingerprint density at radius 3 is 2.68 bits per heavy atom. The molecule has 0 aliphatic rings. The minimum absolute atomic E-state index is 0.00399. The van der Waals surface area contributed by atoms with E-state index in [0.717, 1.165) is 6.21 Å². The first kappa shape index (κ1) is 12.9. The van der Waals surface area contributed by atoms with Crippen molar-refractivity contribution in [3.05, 3.63) is 54.0 Å². The van der Waals surface area contributed by atoms with E-state index >= 15 is 0 Å². The first-order valence-electron chi connectivity index (χ1n) is 5.12. The summed E-state index contributed by atoms with van der Waals surface area (Å²) in [6.07, 6.45) is 2.30. The Morgan fingerprint density at radius 2 is 2.05 bits per heavy atom. The van der Waals surface area contributed by atoms with Crippen molar-refractivity contribution in [1.29, 1.82) is 5.26 Å². The van der Waals surface area contributed by atoms with Crippen molar-refractivity contribution in [3.63, 3.8) is 0 Å². The average molecular weight is 276 g/mol. The molecule has 0 spiro atoms. The predicted octanol–water partition coefficient (Wildman–Crippen LogP) is 1.89. The monoisotopic (exact) mass is 276 g/mol. The zero-order valence-corrected chi connectivity index (χ0v) is 10.4. The Labute approximate surface area is 109 Å². The minimum Gasteiger partial charge on any atom is -0.462 e. The molecule has 0 atom stereocenters. The lowest BCUT2D eigenvalue weighted by Gasteiger charge is -1.99. The lowest BCUT2D eigenvalue weighted by atomic mass is 10.3. The van der Waals surface area contributed by atoms with Crippen molar-refractivity contribution >= 4 is 16.3 Å². The van der Waals surface area contributed by atoms with E-state index in [0.29, 0.717) is 5.56 Å². The van der Waals surface area contributed by atoms with Crippen LogP contribution in [-0.2, 0) is 14.4 Å². The Kier molecular flexibility index (Phi) is 3.63. The molecule has 7 heteroatoms. The largest absolute Gasteiger partial charge is 0.462 e. The molecular formula is C12H8N2O4S. The van der Waals surface area contributed by atoms with Gasteiger partial charge in [-0.05, 0) is 12.1 Å². The van der Waals surface area contributed by atoms with E-state index in [1.807, 2.05) is 6.07 Å². The van der Waals surface area contributed by atoms with E-state index in [-0.39, 0.29) is 10.7 Å². The Balaban J connectivity index is 2.08. The highest BCUT2D eigenvalue weighted by atomic mass is 32.2. The van der Waals surface area contributed by atoms with Crippen LogP contribution in [0.2, 0.25) is 0 Å². The maximum atomic E-state index is 11.7. The van der Waals surface area contributed by atoms with Crippen LogP contribution in [0.15, 0.2) is 57.1 Å². The highest BCUT2D eigenvalue weighted by Crippen LogP contribution is 2.11. The van der Waals surface area contributed by atoms with Crippen molar-refractivity contribution in [1.82, 2.24) is 0 Å². The highest BCUT2D eigenvalue weighted by molar-refractivity contribution is 7.86. The number of hydrogen-bond donors (Lipinski definition) is 0. The summed E-state index contributed by atoms with van der Waals surface area (Å²) in [6.45, 7) is 0. The number of nitriles is 1. The molecule has 19 heavy (non-hydrogen) atoms. The van der Waals surface area contributed by atoms with Gasteiger partial charge in [-0.1, -0.05) is 23.4 Å². The summed E-state index contributed by atoms with van der Waals surface area (Å²) in [4.78, 5) is 0.00399. The molecule has 0 fully saturated rings. The van der Waals surface area contributed by atoms with Crippen LogP contribution >= 0.6 is 0 Å². The molecule has 0 saturated carbocycles. The van der Waals surface area contributed by atoms with Gasteiger partial charge in [0.2, 0.25) is 0 Å². The summed E-state index contributed by atoms with van der Waals surface area (Å²) >= 11 is 0. The third kappa shape index (κ3) is 3.20. The van der Waals surface area contributed by atoms with Gasteiger partial charge in [0, 0.05) is 6.07 Å². The molecule has 0 aliphatic carbocycles. The molecule has 0 unspecified atom stereocenters. The Hall–Kier alpha value is -2.59. The van der Waals surface area contributed by atoms with Crippen LogP contribution in [0.1, 0.15) is 11.3 Å². The Morgan fingerprint density at radius 1 is 1.32 bits per heavy atom. The average Bonchev–Trinajstić information content (AvgIpc) is 2.87. The van der Waals surface area contributed by atoms with Crippen LogP contribution < -0.4 is 0 Å². The number of nitrogens with zero attached hydrogens (tertiary/aromatic N) is 2. The normalized spacial score (nSPS) is 11.3. The van der Waals surface area contributed by atoms with Gasteiger partial charge in [-0.15, -0.1) is 0 Å². The van der Waals surface area contributed by atoms with Crippen molar-refractivity contribution in [2.24, 2.45) is 5.16 Å². The van der Waals surface area contributed by atoms with Gasteiger partial charge in [0.1, 0.15) is 29.2 Å². The Bertz CT molecular complexity index is 727. The second kappa shape index (κ2) is 5.37. The molecule has 0 radical (unpaired) electrons. The molecule has 0 bridgehead atoms. The number of furan rings is 1. The first-order valence-corrected chi connectivity index (χ1v) is 6.53. The molecule has 0 aliphatic heterocycles. The molecule has 2 rings (SSSR count). The zero-order valence-electron chi connectivity index (χ0n) is 9.55. The SMILES string of the molecule is N#Cc1coc(C=NOS(=O)(=O)c2ccccc2)c1. The molecule has 6 nitrogen and oxygen atoms in total. The van der Waals surface area contributed by atoms with Crippen molar-refractivity contribution in [2.75, 3.05) is 0 Å². The maximum absolute atomic E-state index is 11.7. The fourth-order valence-corrected chi connectivity index (χ4v) is 1.97. The van der Waals surface area contributed by atoms with Gasteiger partial charge in [-0.25, -0.2) is 0 Å². The van der Waals surface area contributed by atoms with Gasteiger partial charge in [0.15, 0.2) is 0 Å². The molecule has 2 aromatic rings. The van der Waals surface area contributed by atoms with Crippen LogP contribution in [0.5, 0.6) is 0 Å². The van der Waals surface area contributed by atoms with Crippen molar-refractivity contribution < 1.29 is 17.1 Å². The molecule has 0 amide bonds. The number of benzene rings is 1. The minimum atomic E-state index is -3.93. The fraction of sp³-hybridized carbons (Fsp3) is 0. The van der Waals surface area contributed by atoms with Gasteiger partial charge < -0.3 is 4.42 Å². The first-order chi connectivity index (χ1) is 9.12. The molecule has 0 saturated heterocycles. The standard InChI is InChI=1S/C12H8N2O4S/c13-7-10-6-11(17-9-10)8-14-18-19(15,16)12-4-2-1-3-5-12/h1-6,8-9H. The molecule has 1 aromatic carbocycles. The van der Waals surface area contributed by atoms with Crippen LogP contribution in [0.25, 0.3) is 0 Å². The lowest BCUT2D eigenvalue weighted by Crippen LogP contribution is -2.02. The summed E-state index contributed by atoms with van der Waals surface area (Å²) in [5.74, 6) is 0.222. The predicted molar refractivity (Wildman–Crippen MR) is 65.7 cm³/mol. The van der Waals surface area contributed by atoms with E-state index in [1.165, 1.54) is 24.5 Å². The molecule has 1 aromatic heterocycles. The molecular weight excluding hydrogens is 268 g/mol. The summed E-state index contributed by atoms with van der Waals surface area (Å²) in [5, 5.41) is 11.9. The van der Waals surface area contributed by atoms with E-state index in [9.17, 15) is 8.42 Å². The molecule has 1 heterocycles. The summed E-state index contributed by atoms with van der Waals surface area (Å²) in [6, 6.07) is 10.9. The molecule has 0 N–H and O–H groups in total. The van der Waals surface area contributed by atoms with Gasteiger partial charge in [0.25, 0.3) is 0 Å². The fourth-order valence-electron chi connectivity index (χ4n) is 1.24. The lowest BCUT2D eigenvalue weighted by molar-refractivity contribution is 0.340. The quantitative estimate of drug-likeness (QED) is 0.628. The van der Waals surface area contributed by atoms with Crippen LogP contribution in [0.3, 0.4) is 0 Å². The zero-order chi connectivity index (χ0) is 13.7. The van der Waals surface area contributed by atoms with E-state index in [1.54, 1.807) is 18.2 Å². The van der Waals surface area contributed by atoms with Gasteiger partial charge in [-0.3, -0.25) is 4.28 Å². The molecule has 96 valence electrons. The third-order valence-corrected chi connectivity index (χ3v) is 3.23. The number of rotatable bonds is 4. The second-order valence-electron chi connectivity index (χ2n) is 3.43. The van der Waals surface area contributed by atoms with Crippen molar-refractivity contribution in [3.8, 4) is 6.07 Å². The third-order valence-electron chi connectivity index (χ3n) is 2.10. The summed E-state index contributed by atoms with van der Waals surface area (Å²) in [7, 11) is -3.93. The smallest absolute Gasteiger partial charge is 0.358 e. The highest BCUT2D eigenvalue weighted by Gasteiger charge is 2.14. The number of hydrogen-bond acceptors (Lipinski definition) is 6. The van der Waals surface area contributed by atoms with E-state index < -0.39 is 10.1 Å². The van der Waals surface area contributed by atoms with E-state index in [2.05, 4.69) is 9.44 Å². The number of oxime groups is 1. The van der Waals surface area contributed by atoms with Crippen molar-refractivity contribution in [2.45, 2.75) is 4.90 Å². The van der Waals surface area contributed by atoms with Crippen LogP contribution in [0, 0.1) is 11.3 Å². The van der Waals surface area contributed by atoms with Crippen LogP contribution in [-0.4, -0.2) is 14.6 Å². The van der Waals surface area contributed by atoms with Crippen LogP contribution in [0.4, 0.5) is 0 Å². The summed E-state index contributed by atoms with van der Waals surface area (Å²) in [5.41, 5.74) is 0.312. The van der Waals surface area contributed by atoms with E-state index in [4.69, 9.17) is 9.68 Å². The maximum Gasteiger partial charge on any atom is 0.358 e.